The zero-order chi connectivity index (χ0) is 15.2. The maximum atomic E-state index is 9.97. The van der Waals surface area contributed by atoms with Crippen LogP contribution in [0.4, 0.5) is 5.69 Å². The average molecular weight is 302 g/mol. The van der Waals surface area contributed by atoms with Gasteiger partial charge in [-0.3, -0.25) is 0 Å². The number of nitrogens with zero attached hydrogens (tertiary/aromatic N) is 1. The molecule has 0 spiro atoms. The van der Waals surface area contributed by atoms with E-state index in [0.717, 1.165) is 17.0 Å². The van der Waals surface area contributed by atoms with Crippen LogP contribution in [0.1, 0.15) is 5.56 Å². The van der Waals surface area contributed by atoms with Crippen LogP contribution in [0.15, 0.2) is 48.5 Å². The van der Waals surface area contributed by atoms with Crippen molar-refractivity contribution in [3.8, 4) is 11.5 Å². The van der Waals surface area contributed by atoms with E-state index in [1.54, 1.807) is 26.3 Å². The van der Waals surface area contributed by atoms with E-state index in [4.69, 9.17) is 17.0 Å². The van der Waals surface area contributed by atoms with Crippen LogP contribution in [0.25, 0.3) is 0 Å². The molecule has 0 unspecified atom stereocenters. The highest BCUT2D eigenvalue weighted by Crippen LogP contribution is 2.30. The van der Waals surface area contributed by atoms with E-state index in [2.05, 4.69) is 5.32 Å². The molecule has 0 bridgehead atoms. The Balaban J connectivity index is 2.40. The SMILES string of the molecule is CNC(=S)N(Cc1ccccc1O)c1ccccc1OC. The van der Waals surface area contributed by atoms with Crippen LogP contribution in [0.2, 0.25) is 0 Å². The third-order valence-corrected chi connectivity index (χ3v) is 3.58. The van der Waals surface area contributed by atoms with Gasteiger partial charge in [0.2, 0.25) is 0 Å². The molecular weight excluding hydrogens is 284 g/mol. The lowest BCUT2D eigenvalue weighted by Crippen LogP contribution is -2.37. The van der Waals surface area contributed by atoms with Gasteiger partial charge in [0, 0.05) is 12.6 Å². The van der Waals surface area contributed by atoms with Crippen LogP contribution >= 0.6 is 12.2 Å². The molecule has 2 aromatic rings. The molecule has 0 fully saturated rings. The molecule has 2 rings (SSSR count). The average Bonchev–Trinajstić information content (AvgIpc) is 2.53. The van der Waals surface area contributed by atoms with Gasteiger partial charge in [0.15, 0.2) is 5.11 Å². The second-order valence-electron chi connectivity index (χ2n) is 4.44. The number of aromatic hydroxyl groups is 1. The fraction of sp³-hybridized carbons (Fsp3) is 0.188. The molecule has 0 saturated heterocycles. The number of hydrogen-bond donors (Lipinski definition) is 2. The van der Waals surface area contributed by atoms with Gasteiger partial charge >= 0.3 is 0 Å². The van der Waals surface area contributed by atoms with E-state index in [1.807, 2.05) is 41.3 Å². The van der Waals surface area contributed by atoms with Crippen molar-refractivity contribution in [2.75, 3.05) is 19.1 Å². The van der Waals surface area contributed by atoms with Gasteiger partial charge in [-0.15, -0.1) is 0 Å². The molecule has 5 heteroatoms. The number of benzene rings is 2. The molecule has 4 nitrogen and oxygen atoms in total. The molecule has 0 aliphatic rings. The number of phenols is 1. The summed E-state index contributed by atoms with van der Waals surface area (Å²) in [5.41, 5.74) is 1.64. The third-order valence-electron chi connectivity index (χ3n) is 3.16. The number of hydrogen-bond acceptors (Lipinski definition) is 3. The van der Waals surface area contributed by atoms with E-state index in [1.165, 1.54) is 0 Å². The fourth-order valence-corrected chi connectivity index (χ4v) is 2.23. The first-order chi connectivity index (χ1) is 10.2. The Labute approximate surface area is 130 Å². The summed E-state index contributed by atoms with van der Waals surface area (Å²) in [6.07, 6.45) is 0. The molecule has 2 N–H and O–H groups in total. The molecule has 21 heavy (non-hydrogen) atoms. The van der Waals surface area contributed by atoms with E-state index < -0.39 is 0 Å². The first-order valence-corrected chi connectivity index (χ1v) is 6.97. The predicted molar refractivity (Wildman–Crippen MR) is 88.9 cm³/mol. The van der Waals surface area contributed by atoms with Crippen LogP contribution in [-0.4, -0.2) is 24.4 Å². The number of para-hydroxylation sites is 3. The number of anilines is 1. The fourth-order valence-electron chi connectivity index (χ4n) is 2.07. The van der Waals surface area contributed by atoms with Crippen LogP contribution < -0.4 is 15.0 Å². The van der Waals surface area contributed by atoms with Crippen molar-refractivity contribution in [2.45, 2.75) is 6.54 Å². The van der Waals surface area contributed by atoms with Crippen molar-refractivity contribution in [1.29, 1.82) is 0 Å². The number of methoxy groups -OCH3 is 1. The zero-order valence-electron chi connectivity index (χ0n) is 12.0. The molecule has 0 saturated carbocycles. The number of ether oxygens (including phenoxy) is 1. The molecule has 0 aliphatic carbocycles. The Hall–Kier alpha value is -2.27. The molecule has 0 amide bonds. The summed E-state index contributed by atoms with van der Waals surface area (Å²) in [4.78, 5) is 1.89. The van der Waals surface area contributed by atoms with Gasteiger partial charge in [0.1, 0.15) is 11.5 Å². The van der Waals surface area contributed by atoms with E-state index in [-0.39, 0.29) is 5.75 Å². The maximum Gasteiger partial charge on any atom is 0.173 e. The van der Waals surface area contributed by atoms with Crippen LogP contribution in [0, 0.1) is 0 Å². The Morgan fingerprint density at radius 3 is 2.52 bits per heavy atom. The summed E-state index contributed by atoms with van der Waals surface area (Å²) in [6, 6.07) is 14.9. The standard InChI is InChI=1S/C16H18N2O2S/c1-17-16(21)18(11-12-7-3-5-9-14(12)19)13-8-4-6-10-15(13)20-2/h3-10,19H,11H2,1-2H3,(H,17,21). The van der Waals surface area contributed by atoms with E-state index in [9.17, 15) is 5.11 Å². The van der Waals surface area contributed by atoms with Gasteiger partial charge < -0.3 is 20.1 Å². The predicted octanol–water partition coefficient (Wildman–Crippen LogP) is 2.91. The van der Waals surface area contributed by atoms with E-state index >= 15 is 0 Å². The summed E-state index contributed by atoms with van der Waals surface area (Å²) >= 11 is 5.39. The highest BCUT2D eigenvalue weighted by atomic mass is 32.1. The monoisotopic (exact) mass is 302 g/mol. The van der Waals surface area contributed by atoms with Crippen molar-refractivity contribution in [3.63, 3.8) is 0 Å². The minimum atomic E-state index is 0.247. The van der Waals surface area contributed by atoms with Gasteiger partial charge in [0.05, 0.1) is 19.3 Å². The summed E-state index contributed by atoms with van der Waals surface area (Å²) in [6.45, 7) is 0.451. The Bertz CT molecular complexity index is 631. The minimum Gasteiger partial charge on any atom is -0.508 e. The lowest BCUT2D eigenvalue weighted by atomic mass is 10.1. The molecule has 110 valence electrons. The lowest BCUT2D eigenvalue weighted by Gasteiger charge is -2.26. The highest BCUT2D eigenvalue weighted by Gasteiger charge is 2.17. The van der Waals surface area contributed by atoms with Crippen molar-refractivity contribution < 1.29 is 9.84 Å². The first kappa shape index (κ1) is 15.1. The van der Waals surface area contributed by atoms with Crippen molar-refractivity contribution >= 4 is 23.0 Å². The summed E-state index contributed by atoms with van der Waals surface area (Å²) in [5, 5.41) is 13.5. The second-order valence-corrected chi connectivity index (χ2v) is 4.83. The van der Waals surface area contributed by atoms with Crippen molar-refractivity contribution in [2.24, 2.45) is 0 Å². The van der Waals surface area contributed by atoms with Crippen molar-refractivity contribution in [3.05, 3.63) is 54.1 Å². The number of phenolic OH excluding ortho intramolecular Hbond substituents is 1. The number of rotatable bonds is 4. The van der Waals surface area contributed by atoms with Crippen LogP contribution in [-0.2, 0) is 6.54 Å². The minimum absolute atomic E-state index is 0.247. The molecule has 0 aromatic heterocycles. The molecule has 2 aromatic carbocycles. The van der Waals surface area contributed by atoms with E-state index in [0.29, 0.717) is 11.7 Å². The zero-order valence-corrected chi connectivity index (χ0v) is 12.9. The van der Waals surface area contributed by atoms with Crippen LogP contribution in [0.5, 0.6) is 11.5 Å². The molecular formula is C16H18N2O2S. The van der Waals surface area contributed by atoms with Gasteiger partial charge in [-0.05, 0) is 30.4 Å². The third kappa shape index (κ3) is 3.44. The highest BCUT2D eigenvalue weighted by molar-refractivity contribution is 7.80. The molecule has 0 radical (unpaired) electrons. The first-order valence-electron chi connectivity index (χ1n) is 6.56. The quantitative estimate of drug-likeness (QED) is 0.850. The van der Waals surface area contributed by atoms with Gasteiger partial charge in [0.25, 0.3) is 0 Å². The van der Waals surface area contributed by atoms with Gasteiger partial charge in [-0.25, -0.2) is 0 Å². The molecule has 0 atom stereocenters. The normalized spacial score (nSPS) is 10.0. The Kier molecular flexibility index (Phi) is 5.00. The number of nitrogens with one attached hydrogen (secondary N) is 1. The Morgan fingerprint density at radius 1 is 1.19 bits per heavy atom. The smallest absolute Gasteiger partial charge is 0.173 e. The maximum absolute atomic E-state index is 9.97. The summed E-state index contributed by atoms with van der Waals surface area (Å²) in [7, 11) is 3.40. The topological polar surface area (TPSA) is 44.7 Å². The van der Waals surface area contributed by atoms with Gasteiger partial charge in [-0.2, -0.15) is 0 Å². The van der Waals surface area contributed by atoms with Gasteiger partial charge in [-0.1, -0.05) is 30.3 Å². The summed E-state index contributed by atoms with van der Waals surface area (Å²) in [5.74, 6) is 0.974. The van der Waals surface area contributed by atoms with Crippen molar-refractivity contribution in [1.82, 2.24) is 5.32 Å². The Morgan fingerprint density at radius 2 is 1.86 bits per heavy atom. The largest absolute Gasteiger partial charge is 0.508 e. The summed E-state index contributed by atoms with van der Waals surface area (Å²) < 4.78 is 5.40. The molecule has 0 heterocycles. The second kappa shape index (κ2) is 6.95. The number of thiocarbonyl (C=S) groups is 1. The molecule has 0 aliphatic heterocycles. The van der Waals surface area contributed by atoms with Crippen LogP contribution in [0.3, 0.4) is 0 Å². The lowest BCUT2D eigenvalue weighted by molar-refractivity contribution is 0.415.